The molecular weight excluding hydrogens is 448 g/mol. The molecule has 0 aromatic heterocycles. The van der Waals surface area contributed by atoms with Crippen molar-refractivity contribution < 1.29 is 14.4 Å². The Kier molecular flexibility index (Phi) is 17.7. The summed E-state index contributed by atoms with van der Waals surface area (Å²) in [7, 11) is 0. The monoisotopic (exact) mass is 500 g/mol. The van der Waals surface area contributed by atoms with E-state index in [9.17, 15) is 14.4 Å². The molecular formula is C31H52N2O3. The molecule has 0 bridgehead atoms. The predicted molar refractivity (Wildman–Crippen MR) is 150 cm³/mol. The molecule has 1 aromatic rings. The van der Waals surface area contributed by atoms with Gasteiger partial charge in [-0.25, -0.2) is 0 Å². The largest absolute Gasteiger partial charge is 0.352 e. The van der Waals surface area contributed by atoms with Crippen molar-refractivity contribution in [3.63, 3.8) is 0 Å². The van der Waals surface area contributed by atoms with Gasteiger partial charge in [0, 0.05) is 18.5 Å². The molecule has 0 unspecified atom stereocenters. The smallest absolute Gasteiger partial charge is 0.251 e. The van der Waals surface area contributed by atoms with Crippen LogP contribution in [0.15, 0.2) is 24.3 Å². The highest BCUT2D eigenvalue weighted by atomic mass is 16.2. The third-order valence-corrected chi connectivity index (χ3v) is 6.72. The number of ketones is 1. The number of carbonyl (C=O) groups is 3. The molecule has 1 rings (SSSR count). The number of rotatable bonds is 21. The molecule has 0 fully saturated rings. The predicted octanol–water partition coefficient (Wildman–Crippen LogP) is 7.52. The van der Waals surface area contributed by atoms with Crippen LogP contribution in [0.1, 0.15) is 140 Å². The van der Waals surface area contributed by atoms with Crippen LogP contribution in [0.5, 0.6) is 0 Å². The minimum absolute atomic E-state index is 0.0279. The maximum atomic E-state index is 12.5. The van der Waals surface area contributed by atoms with Crippen LogP contribution in [0.2, 0.25) is 0 Å². The fraction of sp³-hybridized carbons (Fsp3) is 0.710. The molecule has 2 amide bonds. The topological polar surface area (TPSA) is 75.3 Å². The lowest BCUT2D eigenvalue weighted by Crippen LogP contribution is -2.40. The Morgan fingerprint density at radius 3 is 1.72 bits per heavy atom. The summed E-state index contributed by atoms with van der Waals surface area (Å²) in [5.41, 5.74) is 1.47. The van der Waals surface area contributed by atoms with Gasteiger partial charge in [0.05, 0.1) is 6.04 Å². The van der Waals surface area contributed by atoms with Crippen LogP contribution in [0, 0.1) is 5.92 Å². The lowest BCUT2D eigenvalue weighted by Gasteiger charge is -2.18. The molecule has 1 aromatic carbocycles. The molecule has 0 radical (unpaired) electrons. The van der Waals surface area contributed by atoms with Crippen molar-refractivity contribution in [2.45, 2.75) is 137 Å². The summed E-state index contributed by atoms with van der Waals surface area (Å²) in [6, 6.07) is 6.74. The molecule has 2 N–H and O–H groups in total. The summed E-state index contributed by atoms with van der Waals surface area (Å²) < 4.78 is 0. The van der Waals surface area contributed by atoms with Gasteiger partial charge in [0.1, 0.15) is 0 Å². The zero-order chi connectivity index (χ0) is 26.6. The number of hydrogen-bond donors (Lipinski definition) is 2. The van der Waals surface area contributed by atoms with Crippen molar-refractivity contribution in [3.05, 3.63) is 35.4 Å². The molecule has 0 saturated carbocycles. The quantitative estimate of drug-likeness (QED) is 0.171. The summed E-state index contributed by atoms with van der Waals surface area (Å²) in [6.07, 6.45) is 18.1. The average Bonchev–Trinajstić information content (AvgIpc) is 2.85. The Labute approximate surface area is 220 Å². The Morgan fingerprint density at radius 2 is 1.25 bits per heavy atom. The standard InChI is InChI=1S/C31H52N2O3/c1-5-6-7-8-9-10-11-12-13-14-15-16-17-18-30(35)32-24-27-19-21-28(22-20-27)31(36)33-29(26(4)34)23-25(2)3/h19-22,25,29H,5-18,23-24H2,1-4H3,(H,32,35)(H,33,36)/t29-/m0/s1. The van der Waals surface area contributed by atoms with E-state index in [1.54, 1.807) is 12.1 Å². The SMILES string of the molecule is CCCCCCCCCCCCCCCC(=O)NCc1ccc(C(=O)N[C@@H](CC(C)C)C(C)=O)cc1. The van der Waals surface area contributed by atoms with Gasteiger partial charge < -0.3 is 10.6 Å². The van der Waals surface area contributed by atoms with E-state index in [0.717, 1.165) is 18.4 Å². The summed E-state index contributed by atoms with van der Waals surface area (Å²) >= 11 is 0. The lowest BCUT2D eigenvalue weighted by molar-refractivity contribution is -0.121. The molecule has 0 aliphatic carbocycles. The first kappa shape index (κ1) is 31.9. The normalized spacial score (nSPS) is 11.9. The number of Topliss-reactive ketones (excluding diaryl/α,β-unsaturated/α-hetero) is 1. The first-order valence-corrected chi connectivity index (χ1v) is 14.5. The van der Waals surface area contributed by atoms with Crippen LogP contribution in [-0.2, 0) is 16.1 Å². The molecule has 204 valence electrons. The van der Waals surface area contributed by atoms with Gasteiger partial charge in [0.25, 0.3) is 5.91 Å². The highest BCUT2D eigenvalue weighted by Crippen LogP contribution is 2.13. The van der Waals surface area contributed by atoms with E-state index in [1.165, 1.54) is 77.6 Å². The van der Waals surface area contributed by atoms with Crippen LogP contribution in [-0.4, -0.2) is 23.6 Å². The van der Waals surface area contributed by atoms with Crippen molar-refractivity contribution in [1.29, 1.82) is 0 Å². The summed E-state index contributed by atoms with van der Waals surface area (Å²) in [5.74, 6) is 0.136. The maximum Gasteiger partial charge on any atom is 0.251 e. The van der Waals surface area contributed by atoms with E-state index in [-0.39, 0.29) is 17.6 Å². The number of amides is 2. The molecule has 5 heteroatoms. The highest BCUT2D eigenvalue weighted by Gasteiger charge is 2.19. The van der Waals surface area contributed by atoms with E-state index in [4.69, 9.17) is 0 Å². The second kappa shape index (κ2) is 20.0. The number of carbonyl (C=O) groups excluding carboxylic acids is 3. The van der Waals surface area contributed by atoms with E-state index in [2.05, 4.69) is 17.6 Å². The van der Waals surface area contributed by atoms with Gasteiger partial charge in [-0.05, 0) is 43.4 Å². The molecule has 36 heavy (non-hydrogen) atoms. The zero-order valence-corrected chi connectivity index (χ0v) is 23.5. The second-order valence-electron chi connectivity index (χ2n) is 10.7. The summed E-state index contributed by atoms with van der Waals surface area (Å²) in [5, 5.41) is 5.81. The fourth-order valence-electron chi connectivity index (χ4n) is 4.41. The Hall–Kier alpha value is -2.17. The lowest BCUT2D eigenvalue weighted by atomic mass is 10.0. The van der Waals surface area contributed by atoms with Gasteiger partial charge in [0.2, 0.25) is 5.91 Å². The number of benzene rings is 1. The van der Waals surface area contributed by atoms with E-state index >= 15 is 0 Å². The van der Waals surface area contributed by atoms with E-state index in [1.807, 2.05) is 26.0 Å². The average molecular weight is 501 g/mol. The van der Waals surface area contributed by atoms with Crippen LogP contribution < -0.4 is 10.6 Å². The molecule has 0 saturated heterocycles. The van der Waals surface area contributed by atoms with Crippen molar-refractivity contribution in [1.82, 2.24) is 10.6 Å². The number of unbranched alkanes of at least 4 members (excludes halogenated alkanes) is 12. The Bertz CT molecular complexity index is 743. The Morgan fingerprint density at radius 1 is 0.750 bits per heavy atom. The molecule has 0 aliphatic heterocycles. The van der Waals surface area contributed by atoms with Crippen molar-refractivity contribution in [2.24, 2.45) is 5.92 Å². The zero-order valence-electron chi connectivity index (χ0n) is 23.5. The van der Waals surface area contributed by atoms with Crippen LogP contribution in [0.4, 0.5) is 0 Å². The third kappa shape index (κ3) is 15.7. The second-order valence-corrected chi connectivity index (χ2v) is 10.7. The van der Waals surface area contributed by atoms with Gasteiger partial charge in [-0.2, -0.15) is 0 Å². The molecule has 0 spiro atoms. The van der Waals surface area contributed by atoms with E-state index in [0.29, 0.717) is 30.9 Å². The van der Waals surface area contributed by atoms with Crippen LogP contribution in [0.3, 0.4) is 0 Å². The highest BCUT2D eigenvalue weighted by molar-refractivity contribution is 5.97. The van der Waals surface area contributed by atoms with E-state index < -0.39 is 6.04 Å². The fourth-order valence-corrected chi connectivity index (χ4v) is 4.41. The van der Waals surface area contributed by atoms with Gasteiger partial charge in [-0.1, -0.05) is 110 Å². The molecule has 1 atom stereocenters. The minimum atomic E-state index is -0.457. The summed E-state index contributed by atoms with van der Waals surface area (Å²) in [6.45, 7) is 8.30. The van der Waals surface area contributed by atoms with Crippen LogP contribution in [0.25, 0.3) is 0 Å². The number of nitrogens with one attached hydrogen (secondary N) is 2. The van der Waals surface area contributed by atoms with Gasteiger partial charge >= 0.3 is 0 Å². The van der Waals surface area contributed by atoms with Gasteiger partial charge in [-0.3, -0.25) is 14.4 Å². The summed E-state index contributed by atoms with van der Waals surface area (Å²) in [4.78, 5) is 36.5. The van der Waals surface area contributed by atoms with Crippen molar-refractivity contribution in [3.8, 4) is 0 Å². The van der Waals surface area contributed by atoms with Gasteiger partial charge in [0.15, 0.2) is 5.78 Å². The maximum absolute atomic E-state index is 12.5. The first-order chi connectivity index (χ1) is 17.3. The minimum Gasteiger partial charge on any atom is -0.352 e. The van der Waals surface area contributed by atoms with Crippen LogP contribution >= 0.6 is 0 Å². The number of hydrogen-bond acceptors (Lipinski definition) is 3. The molecule has 5 nitrogen and oxygen atoms in total. The Balaban J connectivity index is 2.13. The first-order valence-electron chi connectivity index (χ1n) is 14.5. The third-order valence-electron chi connectivity index (χ3n) is 6.72. The van der Waals surface area contributed by atoms with Gasteiger partial charge in [-0.15, -0.1) is 0 Å². The van der Waals surface area contributed by atoms with Crippen molar-refractivity contribution in [2.75, 3.05) is 0 Å². The molecule has 0 heterocycles. The van der Waals surface area contributed by atoms with Crippen molar-refractivity contribution >= 4 is 17.6 Å². The molecule has 0 aliphatic rings.